The maximum absolute atomic E-state index is 6.31. The van der Waals surface area contributed by atoms with E-state index in [-0.39, 0.29) is 0 Å². The SMILES string of the molecule is c1ccc(-c2ccccc2OCc2ccccc2COc2ccccc2-c2ccccc2)cc1. The Balaban J connectivity index is 1.33. The van der Waals surface area contributed by atoms with Crippen LogP contribution >= 0.6 is 0 Å². The van der Waals surface area contributed by atoms with E-state index in [0.29, 0.717) is 13.2 Å². The van der Waals surface area contributed by atoms with Crippen LogP contribution in [0.3, 0.4) is 0 Å². The van der Waals surface area contributed by atoms with Crippen molar-refractivity contribution >= 4 is 0 Å². The molecule has 2 heteroatoms. The van der Waals surface area contributed by atoms with Crippen molar-refractivity contribution in [2.24, 2.45) is 0 Å². The standard InChI is InChI=1S/C32H26O2/c1-3-13-25(14-4-1)29-19-9-11-21-31(29)33-23-27-17-7-8-18-28(27)24-34-32-22-12-10-20-30(32)26-15-5-2-6-16-26/h1-22H,23-24H2. The number of benzene rings is 5. The van der Waals surface area contributed by atoms with Gasteiger partial charge in [0, 0.05) is 11.1 Å². The van der Waals surface area contributed by atoms with Crippen molar-refractivity contribution in [3.05, 3.63) is 145 Å². The van der Waals surface area contributed by atoms with Gasteiger partial charge in [0.05, 0.1) is 0 Å². The van der Waals surface area contributed by atoms with E-state index in [2.05, 4.69) is 48.5 Å². The molecule has 0 saturated heterocycles. The van der Waals surface area contributed by atoms with E-state index in [0.717, 1.165) is 44.9 Å². The molecular weight excluding hydrogens is 416 g/mol. The van der Waals surface area contributed by atoms with Gasteiger partial charge in [-0.1, -0.05) is 121 Å². The Morgan fingerprint density at radius 1 is 0.353 bits per heavy atom. The fourth-order valence-corrected chi connectivity index (χ4v) is 4.05. The molecule has 0 fully saturated rings. The Morgan fingerprint density at radius 2 is 0.706 bits per heavy atom. The van der Waals surface area contributed by atoms with E-state index in [4.69, 9.17) is 9.47 Å². The molecule has 0 radical (unpaired) electrons. The third-order valence-electron chi connectivity index (χ3n) is 5.83. The monoisotopic (exact) mass is 442 g/mol. The molecule has 0 unspecified atom stereocenters. The summed E-state index contributed by atoms with van der Waals surface area (Å²) in [4.78, 5) is 0. The lowest BCUT2D eigenvalue weighted by Crippen LogP contribution is -2.04. The predicted octanol–water partition coefficient (Wildman–Crippen LogP) is 8.18. The molecule has 0 atom stereocenters. The van der Waals surface area contributed by atoms with E-state index in [1.54, 1.807) is 0 Å². The summed E-state index contributed by atoms with van der Waals surface area (Å²) in [5.74, 6) is 1.75. The van der Waals surface area contributed by atoms with Crippen LogP contribution in [-0.4, -0.2) is 0 Å². The zero-order valence-electron chi connectivity index (χ0n) is 18.9. The van der Waals surface area contributed by atoms with Gasteiger partial charge in [-0.2, -0.15) is 0 Å². The highest BCUT2D eigenvalue weighted by atomic mass is 16.5. The Hall–Kier alpha value is -4.30. The molecule has 0 amide bonds. The minimum Gasteiger partial charge on any atom is -0.488 e. The lowest BCUT2D eigenvalue weighted by Gasteiger charge is -2.16. The van der Waals surface area contributed by atoms with Crippen molar-refractivity contribution < 1.29 is 9.47 Å². The van der Waals surface area contributed by atoms with E-state index in [1.165, 1.54) is 0 Å². The van der Waals surface area contributed by atoms with Crippen molar-refractivity contribution in [3.8, 4) is 33.8 Å². The van der Waals surface area contributed by atoms with Crippen LogP contribution in [0, 0.1) is 0 Å². The van der Waals surface area contributed by atoms with Crippen molar-refractivity contribution in [2.75, 3.05) is 0 Å². The van der Waals surface area contributed by atoms with Gasteiger partial charge >= 0.3 is 0 Å². The van der Waals surface area contributed by atoms with Gasteiger partial charge in [-0.05, 0) is 34.4 Å². The van der Waals surface area contributed by atoms with Crippen LogP contribution in [0.2, 0.25) is 0 Å². The van der Waals surface area contributed by atoms with Crippen LogP contribution in [0.5, 0.6) is 11.5 Å². The number of ether oxygens (including phenoxy) is 2. The quantitative estimate of drug-likeness (QED) is 0.241. The Kier molecular flexibility index (Phi) is 6.68. The van der Waals surface area contributed by atoms with Gasteiger partial charge in [0.2, 0.25) is 0 Å². The van der Waals surface area contributed by atoms with Crippen LogP contribution in [0.15, 0.2) is 133 Å². The lowest BCUT2D eigenvalue weighted by atomic mass is 10.0. The van der Waals surface area contributed by atoms with E-state index in [1.807, 2.05) is 84.9 Å². The van der Waals surface area contributed by atoms with Gasteiger partial charge < -0.3 is 9.47 Å². The summed E-state index contributed by atoms with van der Waals surface area (Å²) in [6.07, 6.45) is 0. The molecule has 5 aromatic carbocycles. The third kappa shape index (κ3) is 5.02. The van der Waals surface area contributed by atoms with Gasteiger partial charge in [0.1, 0.15) is 24.7 Å². The molecule has 0 saturated carbocycles. The van der Waals surface area contributed by atoms with E-state index < -0.39 is 0 Å². The second-order valence-electron chi connectivity index (χ2n) is 8.07. The largest absolute Gasteiger partial charge is 0.488 e. The molecule has 0 bridgehead atoms. The summed E-state index contributed by atoms with van der Waals surface area (Å²) in [5, 5.41) is 0. The normalized spacial score (nSPS) is 10.6. The summed E-state index contributed by atoms with van der Waals surface area (Å²) in [6.45, 7) is 0.952. The first kappa shape index (κ1) is 21.5. The molecule has 0 aliphatic carbocycles. The highest BCUT2D eigenvalue weighted by Crippen LogP contribution is 2.32. The van der Waals surface area contributed by atoms with Crippen LogP contribution in [0.25, 0.3) is 22.3 Å². The molecule has 0 aliphatic rings. The smallest absolute Gasteiger partial charge is 0.127 e. The second kappa shape index (κ2) is 10.5. The van der Waals surface area contributed by atoms with Crippen molar-refractivity contribution in [2.45, 2.75) is 13.2 Å². The van der Waals surface area contributed by atoms with E-state index in [9.17, 15) is 0 Å². The van der Waals surface area contributed by atoms with Gasteiger partial charge in [0.15, 0.2) is 0 Å². The zero-order chi connectivity index (χ0) is 23.0. The number of rotatable bonds is 8. The summed E-state index contributed by atoms with van der Waals surface area (Å²) >= 11 is 0. The molecule has 166 valence electrons. The molecule has 2 nitrogen and oxygen atoms in total. The summed E-state index contributed by atoms with van der Waals surface area (Å²) < 4.78 is 12.6. The first-order valence-electron chi connectivity index (χ1n) is 11.5. The lowest BCUT2D eigenvalue weighted by molar-refractivity contribution is 0.286. The zero-order valence-corrected chi connectivity index (χ0v) is 18.9. The minimum absolute atomic E-state index is 0.476. The highest BCUT2D eigenvalue weighted by Gasteiger charge is 2.10. The third-order valence-corrected chi connectivity index (χ3v) is 5.83. The molecule has 0 N–H and O–H groups in total. The fourth-order valence-electron chi connectivity index (χ4n) is 4.05. The number of hydrogen-bond acceptors (Lipinski definition) is 2. The fraction of sp³-hybridized carbons (Fsp3) is 0.0625. The molecule has 34 heavy (non-hydrogen) atoms. The molecule has 5 aromatic rings. The average molecular weight is 443 g/mol. The molecular formula is C32H26O2. The van der Waals surface area contributed by atoms with Crippen LogP contribution < -0.4 is 9.47 Å². The van der Waals surface area contributed by atoms with E-state index >= 15 is 0 Å². The topological polar surface area (TPSA) is 18.5 Å². The van der Waals surface area contributed by atoms with Crippen LogP contribution in [0.4, 0.5) is 0 Å². The summed E-state index contributed by atoms with van der Waals surface area (Å²) in [5.41, 5.74) is 6.70. The number of para-hydroxylation sites is 2. The Labute approximate surface area is 201 Å². The maximum Gasteiger partial charge on any atom is 0.127 e. The van der Waals surface area contributed by atoms with Gasteiger partial charge in [-0.15, -0.1) is 0 Å². The van der Waals surface area contributed by atoms with Crippen LogP contribution in [0.1, 0.15) is 11.1 Å². The van der Waals surface area contributed by atoms with Crippen molar-refractivity contribution in [1.82, 2.24) is 0 Å². The molecule has 0 heterocycles. The second-order valence-corrected chi connectivity index (χ2v) is 8.07. The van der Waals surface area contributed by atoms with Crippen molar-refractivity contribution in [1.29, 1.82) is 0 Å². The Morgan fingerprint density at radius 3 is 1.15 bits per heavy atom. The first-order valence-corrected chi connectivity index (χ1v) is 11.5. The summed E-state index contributed by atoms with van der Waals surface area (Å²) in [6, 6.07) is 45.3. The van der Waals surface area contributed by atoms with Crippen molar-refractivity contribution in [3.63, 3.8) is 0 Å². The number of hydrogen-bond donors (Lipinski definition) is 0. The molecule has 0 aromatic heterocycles. The maximum atomic E-state index is 6.31. The molecule has 0 aliphatic heterocycles. The van der Waals surface area contributed by atoms with Gasteiger partial charge in [0.25, 0.3) is 0 Å². The predicted molar refractivity (Wildman–Crippen MR) is 139 cm³/mol. The Bertz CT molecular complexity index is 1240. The first-order chi connectivity index (χ1) is 16.9. The summed E-state index contributed by atoms with van der Waals surface area (Å²) in [7, 11) is 0. The van der Waals surface area contributed by atoms with Gasteiger partial charge in [-0.25, -0.2) is 0 Å². The molecule has 5 rings (SSSR count). The average Bonchev–Trinajstić information content (AvgIpc) is 2.92. The highest BCUT2D eigenvalue weighted by molar-refractivity contribution is 5.71. The van der Waals surface area contributed by atoms with Gasteiger partial charge in [-0.3, -0.25) is 0 Å². The minimum atomic E-state index is 0.476. The molecule has 0 spiro atoms. The van der Waals surface area contributed by atoms with Crippen LogP contribution in [-0.2, 0) is 13.2 Å².